The van der Waals surface area contributed by atoms with Crippen LogP contribution in [0.2, 0.25) is 5.02 Å². The van der Waals surface area contributed by atoms with Crippen molar-refractivity contribution in [2.75, 3.05) is 19.6 Å². The van der Waals surface area contributed by atoms with Gasteiger partial charge in [0.25, 0.3) is 5.91 Å². The van der Waals surface area contributed by atoms with Crippen LogP contribution in [0.4, 0.5) is 0 Å². The molecule has 1 amide bonds. The van der Waals surface area contributed by atoms with E-state index in [4.69, 9.17) is 20.9 Å². The lowest BCUT2D eigenvalue weighted by Crippen LogP contribution is -2.43. The predicted molar refractivity (Wildman–Crippen MR) is 175 cm³/mol. The molecule has 240 valence electrons. The number of aromatic nitrogens is 1. The van der Waals surface area contributed by atoms with E-state index in [2.05, 4.69) is 18.1 Å². The highest BCUT2D eigenvalue weighted by atomic mass is 35.5. The average molecular weight is 644 g/mol. The summed E-state index contributed by atoms with van der Waals surface area (Å²) in [6.07, 6.45) is 3.37. The Bertz CT molecular complexity index is 1710. The number of nitrogens with zero attached hydrogens (tertiary/aromatic N) is 3. The minimum Gasteiger partial charge on any atom is -0.487 e. The van der Waals surface area contributed by atoms with Crippen LogP contribution in [-0.2, 0) is 17.9 Å². The Hall–Kier alpha value is -4.18. The molecule has 1 aromatic heterocycles. The molecular formula is C36H38ClN3O6. The number of carbonyl (C=O) groups excluding carboxylic acids is 1. The number of halogens is 1. The summed E-state index contributed by atoms with van der Waals surface area (Å²) in [5, 5.41) is 23.9. The molecule has 9 nitrogen and oxygen atoms in total. The van der Waals surface area contributed by atoms with E-state index < -0.39 is 12.0 Å². The van der Waals surface area contributed by atoms with E-state index in [1.807, 2.05) is 59.5 Å². The van der Waals surface area contributed by atoms with Crippen LogP contribution < -0.4 is 4.74 Å². The highest BCUT2D eigenvalue weighted by Gasteiger charge is 2.28. The normalized spacial score (nSPS) is 17.6. The van der Waals surface area contributed by atoms with Crippen LogP contribution in [0.1, 0.15) is 59.3 Å². The van der Waals surface area contributed by atoms with Crippen molar-refractivity contribution < 1.29 is 29.1 Å². The highest BCUT2D eigenvalue weighted by Crippen LogP contribution is 2.32. The Kier molecular flexibility index (Phi) is 9.72. The first-order valence-electron chi connectivity index (χ1n) is 15.8. The molecule has 1 atom stereocenters. The first kappa shape index (κ1) is 31.8. The maximum atomic E-state index is 12.9. The molecule has 2 N–H and O–H groups in total. The van der Waals surface area contributed by atoms with Crippen LogP contribution in [0.5, 0.6) is 5.75 Å². The van der Waals surface area contributed by atoms with Crippen LogP contribution >= 0.6 is 11.6 Å². The fraction of sp³-hybridized carbons (Fsp3) is 0.361. The number of hydrogen-bond donors (Lipinski definition) is 2. The smallest absolute Gasteiger partial charge is 0.320 e. The molecule has 0 radical (unpaired) electrons. The van der Waals surface area contributed by atoms with Crippen molar-refractivity contribution in [2.24, 2.45) is 0 Å². The molecule has 46 heavy (non-hydrogen) atoms. The van der Waals surface area contributed by atoms with Crippen LogP contribution in [0.25, 0.3) is 22.5 Å². The first-order chi connectivity index (χ1) is 22.3. The van der Waals surface area contributed by atoms with Crippen molar-refractivity contribution in [3.63, 3.8) is 0 Å². The summed E-state index contributed by atoms with van der Waals surface area (Å²) < 4.78 is 11.7. The summed E-state index contributed by atoms with van der Waals surface area (Å²) in [6, 6.07) is 20.9. The molecule has 0 aliphatic carbocycles. The number of aliphatic hydroxyl groups is 1. The zero-order valence-corrected chi connectivity index (χ0v) is 26.6. The van der Waals surface area contributed by atoms with E-state index in [-0.39, 0.29) is 17.7 Å². The summed E-state index contributed by atoms with van der Waals surface area (Å²) >= 11 is 6.62. The number of aliphatic hydroxyl groups excluding tert-OH is 1. The minimum absolute atomic E-state index is 0.190. The maximum absolute atomic E-state index is 12.9. The fourth-order valence-corrected chi connectivity index (χ4v) is 6.60. The Morgan fingerprint density at radius 3 is 2.54 bits per heavy atom. The second-order valence-electron chi connectivity index (χ2n) is 12.1. The number of aliphatic carboxylic acids is 1. The molecule has 10 heteroatoms. The van der Waals surface area contributed by atoms with Gasteiger partial charge in [-0.1, -0.05) is 65.6 Å². The zero-order valence-electron chi connectivity index (χ0n) is 25.8. The van der Waals surface area contributed by atoms with Crippen molar-refractivity contribution >= 4 is 23.5 Å². The number of amides is 1. The van der Waals surface area contributed by atoms with Gasteiger partial charge < -0.3 is 24.4 Å². The molecule has 2 aliphatic heterocycles. The highest BCUT2D eigenvalue weighted by molar-refractivity contribution is 6.32. The third kappa shape index (κ3) is 7.12. The monoisotopic (exact) mass is 643 g/mol. The Labute approximate surface area is 273 Å². The number of carbonyl (C=O) groups is 2. The molecule has 4 aromatic rings. The molecular weight excluding hydrogens is 606 g/mol. The summed E-state index contributed by atoms with van der Waals surface area (Å²) in [6.45, 7) is 4.68. The second-order valence-corrected chi connectivity index (χ2v) is 12.6. The number of piperidine rings is 2. The first-order valence-corrected chi connectivity index (χ1v) is 16.2. The Balaban J connectivity index is 1.13. The molecule has 3 aromatic carbocycles. The quantitative estimate of drug-likeness (QED) is 0.210. The van der Waals surface area contributed by atoms with Gasteiger partial charge >= 0.3 is 5.97 Å². The SMILES string of the molecule is Cc1c(COc2ccc(CN3CCCC[C@H]3C(=O)O)cc2Cl)cccc1-c1cccc(-c2cc(C(=O)N3CCC(O)CC3)no2)c1. The number of carboxylic acids is 1. The lowest BCUT2D eigenvalue weighted by Gasteiger charge is -2.32. The van der Waals surface area contributed by atoms with Crippen LogP contribution in [0, 0.1) is 6.92 Å². The van der Waals surface area contributed by atoms with E-state index >= 15 is 0 Å². The molecule has 3 heterocycles. The average Bonchev–Trinajstić information content (AvgIpc) is 3.56. The van der Waals surface area contributed by atoms with Crippen molar-refractivity contribution in [1.29, 1.82) is 0 Å². The van der Waals surface area contributed by atoms with Gasteiger partial charge in [0.05, 0.1) is 11.1 Å². The van der Waals surface area contributed by atoms with E-state index in [0.29, 0.717) is 62.0 Å². The number of rotatable bonds is 9. The van der Waals surface area contributed by atoms with E-state index in [1.165, 1.54) is 0 Å². The summed E-state index contributed by atoms with van der Waals surface area (Å²) in [4.78, 5) is 28.3. The predicted octanol–water partition coefficient (Wildman–Crippen LogP) is 6.59. The van der Waals surface area contributed by atoms with Gasteiger partial charge in [0.15, 0.2) is 11.5 Å². The van der Waals surface area contributed by atoms with Crippen LogP contribution in [0.15, 0.2) is 71.3 Å². The largest absolute Gasteiger partial charge is 0.487 e. The molecule has 2 saturated heterocycles. The van der Waals surface area contributed by atoms with Gasteiger partial charge in [-0.15, -0.1) is 0 Å². The van der Waals surface area contributed by atoms with Gasteiger partial charge in [-0.05, 0) is 85.2 Å². The van der Waals surface area contributed by atoms with Gasteiger partial charge in [-0.3, -0.25) is 14.5 Å². The molecule has 0 bridgehead atoms. The zero-order chi connectivity index (χ0) is 32.2. The van der Waals surface area contributed by atoms with Crippen molar-refractivity contribution in [3.8, 4) is 28.2 Å². The number of benzene rings is 3. The van der Waals surface area contributed by atoms with Gasteiger partial charge in [0.1, 0.15) is 18.4 Å². The molecule has 0 unspecified atom stereocenters. The molecule has 2 fully saturated rings. The summed E-state index contributed by atoms with van der Waals surface area (Å²) in [5.41, 5.74) is 6.14. The van der Waals surface area contributed by atoms with Gasteiger partial charge in [-0.2, -0.15) is 0 Å². The van der Waals surface area contributed by atoms with Gasteiger partial charge in [0.2, 0.25) is 0 Å². The number of hydrogen-bond acceptors (Lipinski definition) is 7. The van der Waals surface area contributed by atoms with Crippen LogP contribution in [0.3, 0.4) is 0 Å². The van der Waals surface area contributed by atoms with Gasteiger partial charge in [0, 0.05) is 31.3 Å². The topological polar surface area (TPSA) is 116 Å². The lowest BCUT2D eigenvalue weighted by molar-refractivity contribution is -0.144. The molecule has 0 saturated carbocycles. The third-order valence-electron chi connectivity index (χ3n) is 9.05. The molecule has 0 spiro atoms. The van der Waals surface area contributed by atoms with E-state index in [1.54, 1.807) is 11.0 Å². The Morgan fingerprint density at radius 2 is 1.76 bits per heavy atom. The molecule has 2 aliphatic rings. The van der Waals surface area contributed by atoms with Gasteiger partial charge in [-0.25, -0.2) is 0 Å². The minimum atomic E-state index is -0.773. The Morgan fingerprint density at radius 1 is 0.978 bits per heavy atom. The second kappa shape index (κ2) is 14.1. The lowest BCUT2D eigenvalue weighted by atomic mass is 9.95. The van der Waals surface area contributed by atoms with Crippen molar-refractivity contribution in [3.05, 3.63) is 94.1 Å². The van der Waals surface area contributed by atoms with Crippen LogP contribution in [-0.4, -0.2) is 68.8 Å². The number of ether oxygens (including phenoxy) is 1. The number of carboxylic acid groups (broad SMARTS) is 1. The molecule has 6 rings (SSSR count). The fourth-order valence-electron chi connectivity index (χ4n) is 6.35. The summed E-state index contributed by atoms with van der Waals surface area (Å²) in [5.74, 6) is 0.119. The van der Waals surface area contributed by atoms with Crippen molar-refractivity contribution in [1.82, 2.24) is 15.0 Å². The third-order valence-corrected chi connectivity index (χ3v) is 9.34. The number of likely N-dealkylation sites (tertiary alicyclic amines) is 2. The summed E-state index contributed by atoms with van der Waals surface area (Å²) in [7, 11) is 0. The van der Waals surface area contributed by atoms with E-state index in [0.717, 1.165) is 52.8 Å². The van der Waals surface area contributed by atoms with Crippen molar-refractivity contribution in [2.45, 2.75) is 64.3 Å². The van der Waals surface area contributed by atoms with E-state index in [9.17, 15) is 19.8 Å². The standard InChI is InChI=1S/C36H38ClN3O6/c1-23-27(22-45-33-12-11-24(18-30(33)37)21-40-15-3-2-10-32(40)36(43)44)8-5-9-29(23)25-6-4-7-26(19-25)34-20-31(38-46-34)35(42)39-16-13-28(41)14-17-39/h4-9,11-12,18-20,28,32,41H,2-3,10,13-17,21-22H2,1H3,(H,43,44)/t32-/m0/s1. The maximum Gasteiger partial charge on any atom is 0.320 e.